The summed E-state index contributed by atoms with van der Waals surface area (Å²) in [4.78, 5) is 0. The molecule has 0 fully saturated rings. The summed E-state index contributed by atoms with van der Waals surface area (Å²) in [6.07, 6.45) is -2.20. The maximum atomic E-state index is 9.21. The van der Waals surface area contributed by atoms with Crippen LogP contribution >= 0.6 is 0 Å². The summed E-state index contributed by atoms with van der Waals surface area (Å²) in [5.41, 5.74) is 0.0119. The van der Waals surface area contributed by atoms with Crippen molar-refractivity contribution in [3.8, 4) is 0 Å². The van der Waals surface area contributed by atoms with Gasteiger partial charge in [-0.15, -0.1) is 0 Å². The first kappa shape index (κ1) is 10.6. The van der Waals surface area contributed by atoms with Crippen molar-refractivity contribution >= 4 is 5.71 Å². The van der Waals surface area contributed by atoms with Gasteiger partial charge in [-0.05, 0) is 6.92 Å². The van der Waals surface area contributed by atoms with Crippen LogP contribution in [0.4, 0.5) is 0 Å². The third-order valence-electron chi connectivity index (χ3n) is 1.64. The second-order valence-electron chi connectivity index (χ2n) is 2.78. The summed E-state index contributed by atoms with van der Waals surface area (Å²) in [5.74, 6) is -0.398. The van der Waals surface area contributed by atoms with E-state index >= 15 is 0 Å². The molecular formula is C7H15NO3. The molecule has 0 aliphatic heterocycles. The Hall–Kier alpha value is -0.450. The average Bonchev–Trinajstić information content (AvgIpc) is 2.00. The topological polar surface area (TPSA) is 84.5 Å². The molecule has 0 radical (unpaired) electrons. The molecule has 4 heteroatoms. The predicted molar refractivity (Wildman–Crippen MR) is 41.7 cm³/mol. The van der Waals surface area contributed by atoms with Crippen LogP contribution < -0.4 is 0 Å². The maximum Gasteiger partial charge on any atom is 0.117 e. The van der Waals surface area contributed by atoms with Gasteiger partial charge >= 0.3 is 0 Å². The number of hydrogen-bond donors (Lipinski definition) is 4. The molecular weight excluding hydrogens is 146 g/mol. The highest BCUT2D eigenvalue weighted by Gasteiger charge is 2.23. The lowest BCUT2D eigenvalue weighted by molar-refractivity contribution is 0.00399. The van der Waals surface area contributed by atoms with Crippen molar-refractivity contribution in [1.29, 1.82) is 5.41 Å². The molecule has 2 unspecified atom stereocenters. The van der Waals surface area contributed by atoms with Gasteiger partial charge in [-0.3, -0.25) is 0 Å². The lowest BCUT2D eigenvalue weighted by atomic mass is 9.98. The van der Waals surface area contributed by atoms with Crippen molar-refractivity contribution in [3.05, 3.63) is 0 Å². The zero-order chi connectivity index (χ0) is 9.02. The first-order valence-electron chi connectivity index (χ1n) is 3.52. The van der Waals surface area contributed by atoms with E-state index in [0.29, 0.717) is 0 Å². The van der Waals surface area contributed by atoms with Crippen molar-refractivity contribution in [2.45, 2.75) is 26.1 Å². The standard InChI is InChI=1S/C7H15NO3/c1-4(3-9)6(10)7(11)5(2)8/h4,6-11H,3H2,1-2H3/t4?,6?,7-/m1/s1. The summed E-state index contributed by atoms with van der Waals surface area (Å²) < 4.78 is 0. The fraction of sp³-hybridized carbons (Fsp3) is 0.857. The minimum Gasteiger partial charge on any atom is -0.396 e. The number of aliphatic hydroxyl groups is 3. The van der Waals surface area contributed by atoms with Gasteiger partial charge in [0.25, 0.3) is 0 Å². The minimum absolute atomic E-state index is 0.0119. The van der Waals surface area contributed by atoms with Crippen molar-refractivity contribution in [2.24, 2.45) is 5.92 Å². The summed E-state index contributed by atoms with van der Waals surface area (Å²) >= 11 is 0. The van der Waals surface area contributed by atoms with Crippen LogP contribution in [0.1, 0.15) is 13.8 Å². The Kier molecular flexibility index (Phi) is 4.25. The Morgan fingerprint density at radius 3 is 2.18 bits per heavy atom. The molecule has 0 aromatic rings. The van der Waals surface area contributed by atoms with Crippen LogP contribution in [-0.2, 0) is 0 Å². The Morgan fingerprint density at radius 1 is 1.45 bits per heavy atom. The van der Waals surface area contributed by atoms with E-state index in [9.17, 15) is 5.11 Å². The summed E-state index contributed by atoms with van der Waals surface area (Å²) in [7, 11) is 0. The van der Waals surface area contributed by atoms with E-state index in [-0.39, 0.29) is 12.3 Å². The van der Waals surface area contributed by atoms with Gasteiger partial charge in [0.05, 0.1) is 6.10 Å². The average molecular weight is 161 g/mol. The number of rotatable bonds is 4. The van der Waals surface area contributed by atoms with E-state index in [1.807, 2.05) is 0 Å². The SMILES string of the molecule is CC(=N)[C@@H](O)C(O)C(C)CO. The largest absolute Gasteiger partial charge is 0.396 e. The third kappa shape index (κ3) is 2.96. The molecule has 66 valence electrons. The van der Waals surface area contributed by atoms with E-state index < -0.39 is 18.1 Å². The molecule has 0 aliphatic carbocycles. The van der Waals surface area contributed by atoms with E-state index in [2.05, 4.69) is 0 Å². The van der Waals surface area contributed by atoms with Crippen molar-refractivity contribution < 1.29 is 15.3 Å². The van der Waals surface area contributed by atoms with Crippen LogP contribution in [0, 0.1) is 11.3 Å². The van der Waals surface area contributed by atoms with E-state index in [4.69, 9.17) is 15.6 Å². The van der Waals surface area contributed by atoms with Crippen LogP contribution in [0.2, 0.25) is 0 Å². The zero-order valence-electron chi connectivity index (χ0n) is 6.78. The molecule has 0 heterocycles. The van der Waals surface area contributed by atoms with Gasteiger partial charge in [-0.2, -0.15) is 0 Å². The molecule has 3 atom stereocenters. The highest BCUT2D eigenvalue weighted by molar-refractivity contribution is 5.83. The molecule has 0 saturated heterocycles. The second-order valence-corrected chi connectivity index (χ2v) is 2.78. The van der Waals surface area contributed by atoms with Gasteiger partial charge < -0.3 is 20.7 Å². The van der Waals surface area contributed by atoms with E-state index in [1.165, 1.54) is 6.92 Å². The fourth-order valence-corrected chi connectivity index (χ4v) is 0.675. The molecule has 0 aromatic heterocycles. The molecule has 0 aromatic carbocycles. The predicted octanol–water partition coefficient (Wildman–Crippen LogP) is -0.624. The van der Waals surface area contributed by atoms with Crippen LogP contribution in [0.15, 0.2) is 0 Å². The Bertz CT molecular complexity index is 138. The second kappa shape index (κ2) is 4.43. The molecule has 0 bridgehead atoms. The summed E-state index contributed by atoms with van der Waals surface area (Å²) in [5, 5.41) is 33.9. The summed E-state index contributed by atoms with van der Waals surface area (Å²) in [6.45, 7) is 2.83. The molecule has 0 spiro atoms. The Balaban J connectivity index is 4.00. The van der Waals surface area contributed by atoms with Gasteiger partial charge in [0, 0.05) is 18.2 Å². The smallest absolute Gasteiger partial charge is 0.117 e. The molecule has 0 amide bonds. The van der Waals surface area contributed by atoms with Gasteiger partial charge in [0.1, 0.15) is 6.10 Å². The fourth-order valence-electron chi connectivity index (χ4n) is 0.675. The lowest BCUT2D eigenvalue weighted by Gasteiger charge is -2.21. The highest BCUT2D eigenvalue weighted by Crippen LogP contribution is 2.07. The Labute approximate surface area is 66.0 Å². The van der Waals surface area contributed by atoms with Crippen LogP contribution in [-0.4, -0.2) is 39.8 Å². The lowest BCUT2D eigenvalue weighted by Crippen LogP contribution is -2.38. The molecule has 4 N–H and O–H groups in total. The van der Waals surface area contributed by atoms with Gasteiger partial charge in [0.15, 0.2) is 0 Å². The quantitative estimate of drug-likeness (QED) is 0.414. The molecule has 11 heavy (non-hydrogen) atoms. The number of hydrogen-bond acceptors (Lipinski definition) is 4. The first-order chi connectivity index (χ1) is 5.00. The van der Waals surface area contributed by atoms with Crippen LogP contribution in [0.5, 0.6) is 0 Å². The zero-order valence-corrected chi connectivity index (χ0v) is 6.78. The Morgan fingerprint density at radius 2 is 1.91 bits per heavy atom. The summed E-state index contributed by atoms with van der Waals surface area (Å²) in [6, 6.07) is 0. The highest BCUT2D eigenvalue weighted by atomic mass is 16.3. The van der Waals surface area contributed by atoms with Crippen molar-refractivity contribution in [2.75, 3.05) is 6.61 Å². The monoisotopic (exact) mass is 161 g/mol. The van der Waals surface area contributed by atoms with Crippen molar-refractivity contribution in [3.63, 3.8) is 0 Å². The van der Waals surface area contributed by atoms with Gasteiger partial charge in [-0.25, -0.2) is 0 Å². The third-order valence-corrected chi connectivity index (χ3v) is 1.64. The minimum atomic E-state index is -1.16. The van der Waals surface area contributed by atoms with Crippen LogP contribution in [0.25, 0.3) is 0 Å². The number of aliphatic hydroxyl groups excluding tert-OH is 3. The van der Waals surface area contributed by atoms with Gasteiger partial charge in [-0.1, -0.05) is 6.92 Å². The number of nitrogens with one attached hydrogen (secondary N) is 1. The first-order valence-corrected chi connectivity index (χ1v) is 3.52. The van der Waals surface area contributed by atoms with E-state index in [0.717, 1.165) is 0 Å². The molecule has 0 rings (SSSR count). The molecule has 4 nitrogen and oxygen atoms in total. The molecule has 0 saturated carbocycles. The van der Waals surface area contributed by atoms with E-state index in [1.54, 1.807) is 6.92 Å². The molecule has 0 aliphatic rings. The van der Waals surface area contributed by atoms with Crippen molar-refractivity contribution in [1.82, 2.24) is 0 Å². The van der Waals surface area contributed by atoms with Crippen LogP contribution in [0.3, 0.4) is 0 Å². The van der Waals surface area contributed by atoms with Gasteiger partial charge in [0.2, 0.25) is 0 Å². The normalized spacial score (nSPS) is 19.0. The maximum absolute atomic E-state index is 9.21.